The number of hydrogen-bond acceptors (Lipinski definition) is 6. The van der Waals surface area contributed by atoms with Crippen molar-refractivity contribution in [3.05, 3.63) is 75.7 Å². The molecule has 7 nitrogen and oxygen atoms in total. The molecule has 3 aromatic rings. The predicted molar refractivity (Wildman–Crippen MR) is 138 cm³/mol. The predicted octanol–water partition coefficient (Wildman–Crippen LogP) is 4.62. The first-order valence-corrected chi connectivity index (χ1v) is 12.7. The van der Waals surface area contributed by atoms with E-state index in [2.05, 4.69) is 20.9 Å². The summed E-state index contributed by atoms with van der Waals surface area (Å²) < 4.78 is 0.949. The molecule has 2 N–H and O–H groups in total. The van der Waals surface area contributed by atoms with Gasteiger partial charge in [-0.15, -0.1) is 0 Å². The summed E-state index contributed by atoms with van der Waals surface area (Å²) in [6.07, 6.45) is 7.44. The van der Waals surface area contributed by atoms with Crippen LogP contribution in [0, 0.1) is 11.8 Å². The lowest BCUT2D eigenvalue weighted by Gasteiger charge is -2.34. The third-order valence-electron chi connectivity index (χ3n) is 7.05. The Hall–Kier alpha value is -3.39. The molecule has 0 bridgehead atoms. The number of fused-ring (bicyclic) bond motifs is 2. The van der Waals surface area contributed by atoms with Crippen molar-refractivity contribution in [1.29, 1.82) is 0 Å². The van der Waals surface area contributed by atoms with Gasteiger partial charge in [-0.05, 0) is 67.9 Å². The first-order chi connectivity index (χ1) is 17.0. The van der Waals surface area contributed by atoms with Crippen LogP contribution < -0.4 is 5.73 Å². The fraction of sp³-hybridized carbons (Fsp3) is 0.296. The smallest absolute Gasteiger partial charge is 0.261 e. The van der Waals surface area contributed by atoms with Crippen LogP contribution in [-0.2, 0) is 0 Å². The topological polar surface area (TPSA) is 102 Å². The molecule has 1 aliphatic heterocycles. The molecule has 176 valence electrons. The van der Waals surface area contributed by atoms with Gasteiger partial charge in [-0.1, -0.05) is 28.1 Å². The summed E-state index contributed by atoms with van der Waals surface area (Å²) in [5.41, 5.74) is 11.5. The summed E-state index contributed by atoms with van der Waals surface area (Å²) in [5.74, 6) is 0.243. The summed E-state index contributed by atoms with van der Waals surface area (Å²) in [6.45, 7) is 0.441. The number of carbonyl (C=O) groups excluding carboxylic acids is 2. The van der Waals surface area contributed by atoms with Crippen LogP contribution in [0.2, 0.25) is 0 Å². The number of aromatic nitrogens is 2. The molecule has 0 atom stereocenters. The van der Waals surface area contributed by atoms with Gasteiger partial charge in [0.2, 0.25) is 0 Å². The second kappa shape index (κ2) is 8.68. The minimum absolute atomic E-state index is 0.139. The highest BCUT2D eigenvalue weighted by atomic mass is 79.9. The van der Waals surface area contributed by atoms with Gasteiger partial charge in [-0.2, -0.15) is 0 Å². The van der Waals surface area contributed by atoms with Crippen molar-refractivity contribution < 1.29 is 9.59 Å². The Bertz CT molecular complexity index is 1390. The van der Waals surface area contributed by atoms with Gasteiger partial charge in [0.05, 0.1) is 40.1 Å². The SMILES string of the molecule is NC(=C(C=NC1CC(CN2C(=O)c3ccccc3C2=O)C1)c1cnc2ccc(Br)cc2n1)C1CC1. The lowest BCUT2D eigenvalue weighted by molar-refractivity contribution is 0.0591. The van der Waals surface area contributed by atoms with E-state index in [0.29, 0.717) is 23.6 Å². The van der Waals surface area contributed by atoms with Crippen LogP contribution in [0.15, 0.2) is 63.8 Å². The van der Waals surface area contributed by atoms with Crippen LogP contribution >= 0.6 is 15.9 Å². The number of nitrogens with zero attached hydrogens (tertiary/aromatic N) is 4. The first-order valence-electron chi connectivity index (χ1n) is 11.9. The highest BCUT2D eigenvalue weighted by Gasteiger charge is 2.39. The van der Waals surface area contributed by atoms with Gasteiger partial charge < -0.3 is 5.73 Å². The van der Waals surface area contributed by atoms with E-state index in [1.54, 1.807) is 30.5 Å². The quantitative estimate of drug-likeness (QED) is 0.370. The van der Waals surface area contributed by atoms with Crippen LogP contribution in [0.3, 0.4) is 0 Å². The van der Waals surface area contributed by atoms with E-state index in [1.807, 2.05) is 24.4 Å². The number of halogens is 1. The number of aliphatic imine (C=N–C) groups is 1. The van der Waals surface area contributed by atoms with Gasteiger partial charge in [0, 0.05) is 28.5 Å². The van der Waals surface area contributed by atoms with Crippen molar-refractivity contribution in [3.63, 3.8) is 0 Å². The van der Waals surface area contributed by atoms with Crippen molar-refractivity contribution in [3.8, 4) is 0 Å². The highest BCUT2D eigenvalue weighted by molar-refractivity contribution is 9.10. The van der Waals surface area contributed by atoms with Crippen molar-refractivity contribution >= 4 is 50.6 Å². The summed E-state index contributed by atoms with van der Waals surface area (Å²) in [5, 5.41) is 0. The molecule has 3 aliphatic rings. The molecule has 2 aromatic carbocycles. The van der Waals surface area contributed by atoms with E-state index in [4.69, 9.17) is 15.7 Å². The van der Waals surface area contributed by atoms with Gasteiger partial charge in [-0.25, -0.2) is 4.98 Å². The number of hydrogen-bond donors (Lipinski definition) is 1. The molecule has 2 saturated carbocycles. The number of nitrogens with two attached hydrogens (primary N) is 1. The van der Waals surface area contributed by atoms with Crippen molar-refractivity contribution in [2.24, 2.45) is 22.6 Å². The Morgan fingerprint density at radius 3 is 2.49 bits per heavy atom. The van der Waals surface area contributed by atoms with Crippen LogP contribution in [0.5, 0.6) is 0 Å². The summed E-state index contributed by atoms with van der Waals surface area (Å²) in [7, 11) is 0. The lowest BCUT2D eigenvalue weighted by Crippen LogP contribution is -2.40. The monoisotopic (exact) mass is 529 g/mol. The number of rotatable bonds is 6. The van der Waals surface area contributed by atoms with Gasteiger partial charge in [0.15, 0.2) is 0 Å². The zero-order valence-corrected chi connectivity index (χ0v) is 20.6. The number of carbonyl (C=O) groups is 2. The maximum absolute atomic E-state index is 12.6. The normalized spacial score (nSPS) is 22.5. The van der Waals surface area contributed by atoms with Crippen LogP contribution in [-0.4, -0.2) is 45.5 Å². The molecule has 0 spiro atoms. The average molecular weight is 530 g/mol. The fourth-order valence-corrected chi connectivity index (χ4v) is 5.18. The van der Waals surface area contributed by atoms with E-state index in [1.165, 1.54) is 4.90 Å². The van der Waals surface area contributed by atoms with Gasteiger partial charge >= 0.3 is 0 Å². The van der Waals surface area contributed by atoms with Gasteiger partial charge in [0.1, 0.15) is 0 Å². The molecule has 1 aromatic heterocycles. The van der Waals surface area contributed by atoms with Crippen molar-refractivity contribution in [1.82, 2.24) is 14.9 Å². The highest BCUT2D eigenvalue weighted by Crippen LogP contribution is 2.38. The number of imide groups is 1. The molecule has 35 heavy (non-hydrogen) atoms. The molecular weight excluding hydrogens is 506 g/mol. The Morgan fingerprint density at radius 1 is 1.09 bits per heavy atom. The Balaban J connectivity index is 1.15. The molecular formula is C27H24BrN5O2. The summed E-state index contributed by atoms with van der Waals surface area (Å²) >= 11 is 3.50. The zero-order valence-electron chi connectivity index (χ0n) is 19.0. The molecule has 2 fully saturated rings. The van der Waals surface area contributed by atoms with E-state index in [0.717, 1.165) is 58.2 Å². The maximum Gasteiger partial charge on any atom is 0.261 e. The first kappa shape index (κ1) is 22.1. The Labute approximate surface area is 211 Å². The van der Waals surface area contributed by atoms with Crippen LogP contribution in [0.1, 0.15) is 52.1 Å². The molecule has 8 heteroatoms. The molecule has 2 amide bonds. The van der Waals surface area contributed by atoms with Crippen molar-refractivity contribution in [2.45, 2.75) is 31.7 Å². The van der Waals surface area contributed by atoms with E-state index < -0.39 is 0 Å². The van der Waals surface area contributed by atoms with E-state index in [9.17, 15) is 9.59 Å². The molecule has 0 unspecified atom stereocenters. The molecule has 2 aliphatic carbocycles. The van der Waals surface area contributed by atoms with E-state index >= 15 is 0 Å². The Morgan fingerprint density at radius 2 is 1.80 bits per heavy atom. The number of allylic oxidation sites excluding steroid dienone is 2. The fourth-order valence-electron chi connectivity index (χ4n) is 4.83. The maximum atomic E-state index is 12.6. The molecule has 6 rings (SSSR count). The second-order valence-corrected chi connectivity index (χ2v) is 10.5. The number of amides is 2. The Kier molecular flexibility index (Phi) is 5.48. The van der Waals surface area contributed by atoms with Crippen LogP contribution in [0.4, 0.5) is 0 Å². The number of benzene rings is 2. The van der Waals surface area contributed by atoms with Gasteiger partial charge in [0.25, 0.3) is 11.8 Å². The third kappa shape index (κ3) is 4.16. The molecule has 2 heterocycles. The zero-order chi connectivity index (χ0) is 24.1. The van der Waals surface area contributed by atoms with Crippen LogP contribution in [0.25, 0.3) is 16.6 Å². The summed E-state index contributed by atoms with van der Waals surface area (Å²) in [4.78, 5) is 40.8. The summed E-state index contributed by atoms with van der Waals surface area (Å²) in [6, 6.07) is 13.0. The third-order valence-corrected chi connectivity index (χ3v) is 7.55. The molecule has 0 radical (unpaired) electrons. The minimum atomic E-state index is -0.193. The standard InChI is InChI=1S/C27H24BrN5O2/c28-17-7-8-22-23(11-17)32-24(13-31-22)21(25(29)16-5-6-16)12-30-18-9-15(10-18)14-33-26(34)19-3-1-2-4-20(19)27(33)35/h1-4,7-8,11-13,15-16,18H,5-6,9-10,14,29H2. The second-order valence-electron chi connectivity index (χ2n) is 9.57. The largest absolute Gasteiger partial charge is 0.401 e. The molecule has 0 saturated heterocycles. The van der Waals surface area contributed by atoms with E-state index in [-0.39, 0.29) is 23.8 Å². The van der Waals surface area contributed by atoms with Gasteiger partial charge in [-0.3, -0.25) is 24.5 Å². The minimum Gasteiger partial charge on any atom is -0.401 e. The lowest BCUT2D eigenvalue weighted by atomic mass is 9.80. The van der Waals surface area contributed by atoms with Crippen molar-refractivity contribution in [2.75, 3.05) is 6.54 Å². The average Bonchev–Trinajstić information content (AvgIpc) is 3.66.